The number of nitrogens with one attached hydrogen (secondary N) is 1. The van der Waals surface area contributed by atoms with E-state index >= 15 is 0 Å². The van der Waals surface area contributed by atoms with E-state index in [1.165, 1.54) is 11.8 Å². The largest absolute Gasteiger partial charge is 0.494 e. The number of carbonyl (C=O) groups excluding carboxylic acids is 1. The summed E-state index contributed by atoms with van der Waals surface area (Å²) in [5.74, 6) is 2.31. The average Bonchev–Trinajstić information content (AvgIpc) is 3.20. The lowest BCUT2D eigenvalue weighted by Gasteiger charge is -2.17. The van der Waals surface area contributed by atoms with E-state index in [0.29, 0.717) is 24.1 Å². The van der Waals surface area contributed by atoms with Crippen molar-refractivity contribution in [1.29, 1.82) is 0 Å². The number of aromatic nitrogens is 3. The number of aryl methyl sites for hydroxylation is 2. The van der Waals surface area contributed by atoms with Crippen molar-refractivity contribution in [2.24, 2.45) is 0 Å². The second kappa shape index (κ2) is 11.4. The fraction of sp³-hybridized carbons (Fsp3) is 0.375. The Hall–Kier alpha value is -2.71. The monoisotopic (exact) mass is 488 g/mol. The van der Waals surface area contributed by atoms with Crippen LogP contribution in [0.1, 0.15) is 43.8 Å². The minimum absolute atomic E-state index is 0.118. The third-order valence-electron chi connectivity index (χ3n) is 4.93. The normalized spacial score (nSPS) is 11.8. The zero-order chi connectivity index (χ0) is 24.0. The van der Waals surface area contributed by atoms with Crippen LogP contribution in [-0.4, -0.2) is 33.0 Å². The van der Waals surface area contributed by atoms with Crippen molar-refractivity contribution in [3.8, 4) is 11.5 Å². The van der Waals surface area contributed by atoms with E-state index in [4.69, 9.17) is 21.1 Å². The summed E-state index contributed by atoms with van der Waals surface area (Å²) in [5.41, 5.74) is 2.65. The first kappa shape index (κ1) is 24.9. The predicted molar refractivity (Wildman–Crippen MR) is 133 cm³/mol. The second-order valence-corrected chi connectivity index (χ2v) is 8.83. The van der Waals surface area contributed by atoms with Gasteiger partial charge < -0.3 is 19.4 Å². The van der Waals surface area contributed by atoms with Gasteiger partial charge in [0.15, 0.2) is 17.1 Å². The van der Waals surface area contributed by atoms with Gasteiger partial charge in [0.05, 0.1) is 12.4 Å². The SMILES string of the molecule is CCOc1ccc(NC(=O)CSc2nnc(C(C)Oc3cc(C)c(Cl)c(C)c3)n2CC)cc1. The maximum absolute atomic E-state index is 12.4. The van der Waals surface area contributed by atoms with Crippen molar-refractivity contribution in [1.82, 2.24) is 14.8 Å². The van der Waals surface area contributed by atoms with Crippen LogP contribution in [0.15, 0.2) is 41.6 Å². The smallest absolute Gasteiger partial charge is 0.234 e. The summed E-state index contributed by atoms with van der Waals surface area (Å²) in [6.07, 6.45) is -0.315. The van der Waals surface area contributed by atoms with E-state index in [-0.39, 0.29) is 17.8 Å². The average molecular weight is 489 g/mol. The lowest BCUT2D eigenvalue weighted by Crippen LogP contribution is -2.15. The quantitative estimate of drug-likeness (QED) is 0.361. The highest BCUT2D eigenvalue weighted by Gasteiger charge is 2.20. The van der Waals surface area contributed by atoms with Gasteiger partial charge in [0.2, 0.25) is 5.91 Å². The molecule has 33 heavy (non-hydrogen) atoms. The van der Waals surface area contributed by atoms with Gasteiger partial charge in [-0.3, -0.25) is 4.79 Å². The summed E-state index contributed by atoms with van der Waals surface area (Å²) in [4.78, 5) is 12.4. The van der Waals surface area contributed by atoms with Gasteiger partial charge in [0.25, 0.3) is 0 Å². The summed E-state index contributed by atoms with van der Waals surface area (Å²) >= 11 is 7.60. The van der Waals surface area contributed by atoms with E-state index in [1.54, 1.807) is 0 Å². The molecule has 176 valence electrons. The van der Waals surface area contributed by atoms with Crippen molar-refractivity contribution < 1.29 is 14.3 Å². The number of carbonyl (C=O) groups is 1. The van der Waals surface area contributed by atoms with Crippen molar-refractivity contribution in [3.05, 3.63) is 58.4 Å². The Kier molecular flexibility index (Phi) is 8.63. The Balaban J connectivity index is 1.62. The van der Waals surface area contributed by atoms with E-state index < -0.39 is 0 Å². The standard InChI is InChI=1S/C24H29ClN4O3S/c1-6-29-23(17(5)32-20-12-15(3)22(25)16(4)13-20)27-28-24(29)33-14-21(30)26-18-8-10-19(11-9-18)31-7-2/h8-13,17H,6-7,14H2,1-5H3,(H,26,30). The Morgan fingerprint density at radius 3 is 2.39 bits per heavy atom. The maximum atomic E-state index is 12.4. The molecule has 0 aliphatic heterocycles. The van der Waals surface area contributed by atoms with Gasteiger partial charge >= 0.3 is 0 Å². The molecule has 3 aromatic rings. The molecule has 2 aromatic carbocycles. The molecule has 1 amide bonds. The van der Waals surface area contributed by atoms with E-state index in [2.05, 4.69) is 15.5 Å². The first-order chi connectivity index (χ1) is 15.8. The van der Waals surface area contributed by atoms with Crippen LogP contribution in [0.3, 0.4) is 0 Å². The van der Waals surface area contributed by atoms with Crippen LogP contribution < -0.4 is 14.8 Å². The van der Waals surface area contributed by atoms with Crippen LogP contribution in [0, 0.1) is 13.8 Å². The van der Waals surface area contributed by atoms with Crippen LogP contribution in [0.2, 0.25) is 5.02 Å². The zero-order valence-corrected chi connectivity index (χ0v) is 21.1. The van der Waals surface area contributed by atoms with E-state index in [9.17, 15) is 4.79 Å². The van der Waals surface area contributed by atoms with Crippen LogP contribution in [0.5, 0.6) is 11.5 Å². The molecule has 0 saturated heterocycles. The molecule has 0 aliphatic carbocycles. The number of halogens is 1. The highest BCUT2D eigenvalue weighted by Crippen LogP contribution is 2.29. The van der Waals surface area contributed by atoms with Gasteiger partial charge in [-0.05, 0) is 82.1 Å². The molecule has 3 rings (SSSR count). The molecule has 9 heteroatoms. The molecule has 1 N–H and O–H groups in total. The van der Waals surface area contributed by atoms with Gasteiger partial charge in [-0.2, -0.15) is 0 Å². The Morgan fingerprint density at radius 1 is 1.12 bits per heavy atom. The number of amides is 1. The van der Waals surface area contributed by atoms with Crippen LogP contribution in [0.4, 0.5) is 5.69 Å². The Morgan fingerprint density at radius 2 is 1.79 bits per heavy atom. The molecule has 1 unspecified atom stereocenters. The fourth-order valence-electron chi connectivity index (χ4n) is 3.36. The Bertz CT molecular complexity index is 1080. The fourth-order valence-corrected chi connectivity index (χ4v) is 4.28. The number of rotatable bonds is 10. The number of thioether (sulfide) groups is 1. The summed E-state index contributed by atoms with van der Waals surface area (Å²) in [6.45, 7) is 11.0. The topological polar surface area (TPSA) is 78.3 Å². The summed E-state index contributed by atoms with van der Waals surface area (Å²) in [6, 6.07) is 11.1. The number of ether oxygens (including phenoxy) is 2. The number of hydrogen-bond acceptors (Lipinski definition) is 6. The van der Waals surface area contributed by atoms with Crippen molar-refractivity contribution >= 4 is 35.0 Å². The van der Waals surface area contributed by atoms with Crippen LogP contribution >= 0.6 is 23.4 Å². The maximum Gasteiger partial charge on any atom is 0.234 e. The second-order valence-electron chi connectivity index (χ2n) is 7.51. The lowest BCUT2D eigenvalue weighted by molar-refractivity contribution is -0.113. The molecule has 7 nitrogen and oxygen atoms in total. The molecule has 0 spiro atoms. The highest BCUT2D eigenvalue weighted by atomic mass is 35.5. The molecule has 0 bridgehead atoms. The van der Waals surface area contributed by atoms with E-state index in [0.717, 1.165) is 33.3 Å². The molecule has 1 heterocycles. The molecular formula is C24H29ClN4O3S. The van der Waals surface area contributed by atoms with Gasteiger partial charge in [-0.25, -0.2) is 0 Å². The van der Waals surface area contributed by atoms with Gasteiger partial charge in [0, 0.05) is 17.3 Å². The molecule has 1 aromatic heterocycles. The highest BCUT2D eigenvalue weighted by molar-refractivity contribution is 7.99. The number of hydrogen-bond donors (Lipinski definition) is 1. The minimum Gasteiger partial charge on any atom is -0.494 e. The van der Waals surface area contributed by atoms with Gasteiger partial charge in [0.1, 0.15) is 11.5 Å². The summed E-state index contributed by atoms with van der Waals surface area (Å²) in [5, 5.41) is 12.9. The van der Waals surface area contributed by atoms with Gasteiger partial charge in [-0.1, -0.05) is 23.4 Å². The number of nitrogens with zero attached hydrogens (tertiary/aromatic N) is 3. The van der Waals surface area contributed by atoms with E-state index in [1.807, 2.05) is 75.6 Å². The molecule has 0 fully saturated rings. The first-order valence-electron chi connectivity index (χ1n) is 10.8. The number of anilines is 1. The summed E-state index contributed by atoms with van der Waals surface area (Å²) < 4.78 is 13.5. The predicted octanol–water partition coefficient (Wildman–Crippen LogP) is 5.84. The first-order valence-corrected chi connectivity index (χ1v) is 12.2. The Labute approximate surface area is 203 Å². The molecule has 1 atom stereocenters. The zero-order valence-electron chi connectivity index (χ0n) is 19.5. The molecule has 0 saturated carbocycles. The molecule has 0 radical (unpaired) electrons. The van der Waals surface area contributed by atoms with Gasteiger partial charge in [-0.15, -0.1) is 10.2 Å². The molecular weight excluding hydrogens is 460 g/mol. The van der Waals surface area contributed by atoms with Crippen molar-refractivity contribution in [3.63, 3.8) is 0 Å². The van der Waals surface area contributed by atoms with Crippen molar-refractivity contribution in [2.75, 3.05) is 17.7 Å². The lowest BCUT2D eigenvalue weighted by atomic mass is 10.1. The van der Waals surface area contributed by atoms with Crippen LogP contribution in [-0.2, 0) is 11.3 Å². The van der Waals surface area contributed by atoms with Crippen LogP contribution in [0.25, 0.3) is 0 Å². The molecule has 0 aliphatic rings. The third-order valence-corrected chi connectivity index (χ3v) is 6.49. The third kappa shape index (κ3) is 6.42. The summed E-state index contributed by atoms with van der Waals surface area (Å²) in [7, 11) is 0. The number of benzene rings is 2. The minimum atomic E-state index is -0.315. The van der Waals surface area contributed by atoms with Crippen molar-refractivity contribution in [2.45, 2.75) is 52.4 Å².